The third-order valence-corrected chi connectivity index (χ3v) is 4.63. The number of carbonyl (C=O) groups is 1. The number of halogens is 1. The fourth-order valence-corrected chi connectivity index (χ4v) is 3.29. The second-order valence-corrected chi connectivity index (χ2v) is 5.62. The van der Waals surface area contributed by atoms with E-state index in [2.05, 4.69) is 16.8 Å². The van der Waals surface area contributed by atoms with Gasteiger partial charge in [0.05, 0.1) is 0 Å². The van der Waals surface area contributed by atoms with E-state index in [1.54, 1.807) is 0 Å². The van der Waals surface area contributed by atoms with Crippen LogP contribution < -0.4 is 4.90 Å². The Balaban J connectivity index is 2.16. The van der Waals surface area contributed by atoms with Gasteiger partial charge >= 0.3 is 5.97 Å². The van der Waals surface area contributed by atoms with Crippen molar-refractivity contribution in [2.75, 3.05) is 18.0 Å². The molecule has 0 amide bonds. The maximum absolute atomic E-state index is 10.9. The number of thiazole rings is 1. The Kier molecular flexibility index (Phi) is 3.89. The van der Waals surface area contributed by atoms with Crippen LogP contribution in [0.15, 0.2) is 0 Å². The van der Waals surface area contributed by atoms with Gasteiger partial charge in [-0.05, 0) is 18.8 Å². The minimum atomic E-state index is -0.997. The summed E-state index contributed by atoms with van der Waals surface area (Å²) in [4.78, 5) is 17.4. The summed E-state index contributed by atoms with van der Waals surface area (Å²) in [5.74, 6) is -0.317. The summed E-state index contributed by atoms with van der Waals surface area (Å²) >= 11 is 6.99. The molecule has 1 aliphatic rings. The summed E-state index contributed by atoms with van der Waals surface area (Å²) in [6.45, 7) is 4.09. The highest BCUT2D eigenvalue weighted by molar-refractivity contribution is 7.18. The van der Waals surface area contributed by atoms with Crippen LogP contribution in [0.3, 0.4) is 0 Å². The second kappa shape index (κ2) is 5.23. The normalized spacial score (nSPS) is 20.6. The quantitative estimate of drug-likeness (QED) is 0.920. The molecule has 1 saturated heterocycles. The smallest absolute Gasteiger partial charge is 0.349 e. The standard InChI is InChI=1S/C11H15ClN2O2S/c1-2-7-4-3-5-14(6-7)11-13-9(12)8(17-11)10(15)16/h7H,2-6H2,1H3,(H,15,16). The Morgan fingerprint density at radius 1 is 1.71 bits per heavy atom. The van der Waals surface area contributed by atoms with Crippen molar-refractivity contribution in [3.63, 3.8) is 0 Å². The van der Waals surface area contributed by atoms with Gasteiger partial charge < -0.3 is 10.0 Å². The van der Waals surface area contributed by atoms with Gasteiger partial charge in [-0.15, -0.1) is 0 Å². The average molecular weight is 275 g/mol. The Morgan fingerprint density at radius 2 is 2.47 bits per heavy atom. The number of hydrogen-bond acceptors (Lipinski definition) is 4. The molecule has 0 bridgehead atoms. The first-order valence-corrected chi connectivity index (χ1v) is 6.95. The molecule has 0 spiro atoms. The number of carboxylic acid groups (broad SMARTS) is 1. The molecule has 2 rings (SSSR count). The van der Waals surface area contributed by atoms with Crippen molar-refractivity contribution in [1.29, 1.82) is 0 Å². The molecule has 4 nitrogen and oxygen atoms in total. The number of rotatable bonds is 3. The van der Waals surface area contributed by atoms with Gasteiger partial charge in [0.25, 0.3) is 0 Å². The van der Waals surface area contributed by atoms with Crippen molar-refractivity contribution < 1.29 is 9.90 Å². The third kappa shape index (κ3) is 2.72. The first kappa shape index (κ1) is 12.6. The Labute approximate surface area is 109 Å². The summed E-state index contributed by atoms with van der Waals surface area (Å²) in [5.41, 5.74) is 0. The average Bonchev–Trinajstić information content (AvgIpc) is 2.71. The SMILES string of the molecule is CCC1CCCN(c2nc(Cl)c(C(=O)O)s2)C1. The molecule has 0 aliphatic carbocycles. The topological polar surface area (TPSA) is 53.4 Å². The third-order valence-electron chi connectivity index (χ3n) is 3.14. The lowest BCUT2D eigenvalue weighted by molar-refractivity contribution is 0.0702. The molecular formula is C11H15ClN2O2S. The molecule has 1 atom stereocenters. The summed E-state index contributed by atoms with van der Waals surface area (Å²) < 4.78 is 0. The van der Waals surface area contributed by atoms with Crippen LogP contribution >= 0.6 is 22.9 Å². The van der Waals surface area contributed by atoms with Gasteiger partial charge in [0.1, 0.15) is 0 Å². The summed E-state index contributed by atoms with van der Waals surface area (Å²) in [7, 11) is 0. The van der Waals surface area contributed by atoms with Gasteiger partial charge in [0.2, 0.25) is 0 Å². The molecule has 1 N–H and O–H groups in total. The van der Waals surface area contributed by atoms with E-state index in [0.717, 1.165) is 31.1 Å². The van der Waals surface area contributed by atoms with Gasteiger partial charge in [0, 0.05) is 13.1 Å². The molecule has 0 saturated carbocycles. The van der Waals surface area contributed by atoms with Crippen LogP contribution in [0.5, 0.6) is 0 Å². The molecular weight excluding hydrogens is 260 g/mol. The zero-order chi connectivity index (χ0) is 12.4. The largest absolute Gasteiger partial charge is 0.477 e. The van der Waals surface area contributed by atoms with E-state index >= 15 is 0 Å². The Morgan fingerprint density at radius 3 is 3.06 bits per heavy atom. The summed E-state index contributed by atoms with van der Waals surface area (Å²) in [6.07, 6.45) is 3.54. The molecule has 1 aromatic rings. The molecule has 17 heavy (non-hydrogen) atoms. The van der Waals surface area contributed by atoms with Crippen molar-refractivity contribution >= 4 is 34.0 Å². The minimum absolute atomic E-state index is 0.108. The minimum Gasteiger partial charge on any atom is -0.477 e. The van der Waals surface area contributed by atoms with Crippen LogP contribution in [0.2, 0.25) is 5.15 Å². The number of carboxylic acids is 1. The fraction of sp³-hybridized carbons (Fsp3) is 0.636. The van der Waals surface area contributed by atoms with E-state index in [9.17, 15) is 4.79 Å². The Hall–Kier alpha value is -0.810. The molecule has 0 aromatic carbocycles. The van der Waals surface area contributed by atoms with Gasteiger partial charge in [-0.2, -0.15) is 0 Å². The zero-order valence-electron chi connectivity index (χ0n) is 9.65. The van der Waals surface area contributed by atoms with E-state index in [1.165, 1.54) is 17.8 Å². The number of aromatic nitrogens is 1. The predicted octanol–water partition coefficient (Wildman–Crippen LogP) is 3.12. The van der Waals surface area contributed by atoms with E-state index in [1.807, 2.05) is 0 Å². The highest BCUT2D eigenvalue weighted by atomic mass is 35.5. The number of hydrogen-bond donors (Lipinski definition) is 1. The highest BCUT2D eigenvalue weighted by Gasteiger charge is 2.24. The van der Waals surface area contributed by atoms with Crippen LogP contribution in [-0.2, 0) is 0 Å². The maximum atomic E-state index is 10.9. The summed E-state index contributed by atoms with van der Waals surface area (Å²) in [6, 6.07) is 0. The predicted molar refractivity (Wildman–Crippen MR) is 69.3 cm³/mol. The van der Waals surface area contributed by atoms with Crippen LogP contribution in [0.4, 0.5) is 5.13 Å². The number of nitrogens with zero attached hydrogens (tertiary/aromatic N) is 2. The van der Waals surface area contributed by atoms with Crippen molar-refractivity contribution in [3.05, 3.63) is 10.0 Å². The molecule has 1 aliphatic heterocycles. The van der Waals surface area contributed by atoms with Gasteiger partial charge in [0.15, 0.2) is 15.2 Å². The van der Waals surface area contributed by atoms with E-state index in [-0.39, 0.29) is 10.0 Å². The van der Waals surface area contributed by atoms with E-state index in [0.29, 0.717) is 5.92 Å². The lowest BCUT2D eigenvalue weighted by Gasteiger charge is -2.31. The monoisotopic (exact) mass is 274 g/mol. The van der Waals surface area contributed by atoms with Crippen LogP contribution in [0, 0.1) is 5.92 Å². The van der Waals surface area contributed by atoms with Crippen LogP contribution in [-0.4, -0.2) is 29.1 Å². The molecule has 0 radical (unpaired) electrons. The number of piperidine rings is 1. The molecule has 1 unspecified atom stereocenters. The van der Waals surface area contributed by atoms with Crippen LogP contribution in [0.25, 0.3) is 0 Å². The number of aromatic carboxylic acids is 1. The number of anilines is 1. The van der Waals surface area contributed by atoms with Crippen molar-refractivity contribution in [1.82, 2.24) is 4.98 Å². The van der Waals surface area contributed by atoms with Gasteiger partial charge in [-0.25, -0.2) is 9.78 Å². The molecule has 94 valence electrons. The van der Waals surface area contributed by atoms with E-state index in [4.69, 9.17) is 16.7 Å². The maximum Gasteiger partial charge on any atom is 0.349 e. The zero-order valence-corrected chi connectivity index (χ0v) is 11.2. The second-order valence-electron chi connectivity index (χ2n) is 4.28. The van der Waals surface area contributed by atoms with Crippen molar-refractivity contribution in [2.45, 2.75) is 26.2 Å². The fourth-order valence-electron chi connectivity index (χ4n) is 2.13. The van der Waals surface area contributed by atoms with E-state index < -0.39 is 5.97 Å². The molecule has 6 heteroatoms. The van der Waals surface area contributed by atoms with Gasteiger partial charge in [-0.3, -0.25) is 0 Å². The highest BCUT2D eigenvalue weighted by Crippen LogP contribution is 2.32. The molecule has 1 aromatic heterocycles. The lowest BCUT2D eigenvalue weighted by atomic mass is 9.96. The summed E-state index contributed by atoms with van der Waals surface area (Å²) in [5, 5.41) is 9.79. The Bertz CT molecular complexity index is 422. The molecule has 2 heterocycles. The van der Waals surface area contributed by atoms with Crippen molar-refractivity contribution in [2.24, 2.45) is 5.92 Å². The molecule has 1 fully saturated rings. The van der Waals surface area contributed by atoms with Gasteiger partial charge in [-0.1, -0.05) is 36.3 Å². The lowest BCUT2D eigenvalue weighted by Crippen LogP contribution is -2.35. The first-order chi connectivity index (χ1) is 8.11. The first-order valence-electron chi connectivity index (χ1n) is 5.76. The van der Waals surface area contributed by atoms with Crippen molar-refractivity contribution in [3.8, 4) is 0 Å². The van der Waals surface area contributed by atoms with Crippen LogP contribution in [0.1, 0.15) is 35.9 Å².